The molecule has 21 heavy (non-hydrogen) atoms. The summed E-state index contributed by atoms with van der Waals surface area (Å²) in [5.74, 6) is -0.926. The van der Waals surface area contributed by atoms with Gasteiger partial charge in [-0.1, -0.05) is 6.08 Å². The Kier molecular flexibility index (Phi) is 5.41. The second-order valence-electron chi connectivity index (χ2n) is 6.31. The van der Waals surface area contributed by atoms with Crippen LogP contribution in [0.15, 0.2) is 12.2 Å². The minimum absolute atomic E-state index is 0.0204. The summed E-state index contributed by atoms with van der Waals surface area (Å²) < 4.78 is 16.8. The molecule has 1 fully saturated rings. The molecule has 1 N–H and O–H groups in total. The van der Waals surface area contributed by atoms with Crippen LogP contribution in [-0.2, 0) is 19.0 Å². The lowest BCUT2D eigenvalue weighted by atomic mass is 9.95. The van der Waals surface area contributed by atoms with Crippen molar-refractivity contribution >= 4 is 5.97 Å². The molecule has 1 saturated heterocycles. The van der Waals surface area contributed by atoms with E-state index in [1.54, 1.807) is 6.92 Å². The molecule has 2 heterocycles. The SMILES string of the molecule is CC(=O)OCC(C)(O)CCC1CC=CC2(CCCCO2)O1. The maximum absolute atomic E-state index is 10.8. The first kappa shape index (κ1) is 16.5. The molecule has 3 atom stereocenters. The highest BCUT2D eigenvalue weighted by molar-refractivity contribution is 5.65. The van der Waals surface area contributed by atoms with Gasteiger partial charge in [-0.3, -0.25) is 4.79 Å². The number of ether oxygens (including phenoxy) is 3. The molecule has 3 unspecified atom stereocenters. The van der Waals surface area contributed by atoms with Crippen LogP contribution in [-0.4, -0.2) is 41.8 Å². The zero-order chi connectivity index (χ0) is 15.3. The summed E-state index contributed by atoms with van der Waals surface area (Å²) >= 11 is 0. The van der Waals surface area contributed by atoms with Gasteiger partial charge in [0.05, 0.1) is 18.3 Å². The van der Waals surface area contributed by atoms with Crippen LogP contribution >= 0.6 is 0 Å². The van der Waals surface area contributed by atoms with E-state index in [-0.39, 0.29) is 18.7 Å². The van der Waals surface area contributed by atoms with Crippen LogP contribution < -0.4 is 0 Å². The van der Waals surface area contributed by atoms with Crippen LogP contribution in [0, 0.1) is 0 Å². The molecule has 0 saturated carbocycles. The molecule has 0 radical (unpaired) electrons. The molecule has 1 spiro atoms. The molecule has 0 aromatic heterocycles. The minimum Gasteiger partial charge on any atom is -0.463 e. The van der Waals surface area contributed by atoms with Crippen LogP contribution in [0.3, 0.4) is 0 Å². The lowest BCUT2D eigenvalue weighted by Gasteiger charge is -2.40. The van der Waals surface area contributed by atoms with E-state index in [2.05, 4.69) is 6.08 Å². The molecular weight excluding hydrogens is 272 g/mol. The smallest absolute Gasteiger partial charge is 0.302 e. The van der Waals surface area contributed by atoms with E-state index in [1.807, 2.05) is 6.08 Å². The first-order chi connectivity index (χ1) is 9.91. The number of esters is 1. The van der Waals surface area contributed by atoms with Gasteiger partial charge in [-0.25, -0.2) is 0 Å². The van der Waals surface area contributed by atoms with Gasteiger partial charge in [0, 0.05) is 13.3 Å². The van der Waals surface area contributed by atoms with Crippen molar-refractivity contribution in [2.24, 2.45) is 0 Å². The summed E-state index contributed by atoms with van der Waals surface area (Å²) in [6.45, 7) is 3.78. The zero-order valence-corrected chi connectivity index (χ0v) is 13.0. The molecule has 2 aliphatic heterocycles. The zero-order valence-electron chi connectivity index (χ0n) is 13.0. The van der Waals surface area contributed by atoms with Crippen LogP contribution in [0.5, 0.6) is 0 Å². The Morgan fingerprint density at radius 1 is 1.52 bits per heavy atom. The molecule has 0 aromatic carbocycles. The maximum Gasteiger partial charge on any atom is 0.302 e. The summed E-state index contributed by atoms with van der Waals surface area (Å²) in [6.07, 6.45) is 9.33. The maximum atomic E-state index is 10.8. The Morgan fingerprint density at radius 2 is 2.33 bits per heavy atom. The first-order valence-electron chi connectivity index (χ1n) is 7.76. The van der Waals surface area contributed by atoms with Crippen molar-refractivity contribution in [3.05, 3.63) is 12.2 Å². The quantitative estimate of drug-likeness (QED) is 0.623. The number of rotatable bonds is 5. The molecule has 120 valence electrons. The fourth-order valence-electron chi connectivity index (χ4n) is 2.76. The highest BCUT2D eigenvalue weighted by atomic mass is 16.7. The Labute approximate surface area is 126 Å². The van der Waals surface area contributed by atoms with Crippen molar-refractivity contribution < 1.29 is 24.1 Å². The van der Waals surface area contributed by atoms with Gasteiger partial charge in [-0.15, -0.1) is 0 Å². The molecule has 0 amide bonds. The number of hydrogen-bond donors (Lipinski definition) is 1. The van der Waals surface area contributed by atoms with Crippen LogP contribution in [0.4, 0.5) is 0 Å². The van der Waals surface area contributed by atoms with Crippen molar-refractivity contribution in [1.29, 1.82) is 0 Å². The highest BCUT2D eigenvalue weighted by Crippen LogP contribution is 2.34. The Hall–Kier alpha value is -0.910. The number of hydrogen-bond acceptors (Lipinski definition) is 5. The number of carbonyl (C=O) groups excluding carboxylic acids is 1. The Balaban J connectivity index is 1.80. The molecule has 5 heteroatoms. The van der Waals surface area contributed by atoms with E-state index in [4.69, 9.17) is 14.2 Å². The molecule has 2 aliphatic rings. The molecule has 0 aliphatic carbocycles. The van der Waals surface area contributed by atoms with E-state index >= 15 is 0 Å². The van der Waals surface area contributed by atoms with Gasteiger partial charge < -0.3 is 19.3 Å². The Morgan fingerprint density at radius 3 is 3.00 bits per heavy atom. The topological polar surface area (TPSA) is 65.0 Å². The van der Waals surface area contributed by atoms with Gasteiger partial charge in [-0.05, 0) is 45.1 Å². The van der Waals surface area contributed by atoms with Crippen molar-refractivity contribution in [1.82, 2.24) is 0 Å². The fraction of sp³-hybridized carbons (Fsp3) is 0.812. The summed E-state index contributed by atoms with van der Waals surface area (Å²) in [4.78, 5) is 10.8. The summed E-state index contributed by atoms with van der Waals surface area (Å²) in [6, 6.07) is 0. The van der Waals surface area contributed by atoms with Gasteiger partial charge in [0.15, 0.2) is 5.79 Å². The molecule has 5 nitrogen and oxygen atoms in total. The monoisotopic (exact) mass is 298 g/mol. The van der Waals surface area contributed by atoms with E-state index in [9.17, 15) is 9.90 Å². The third-order valence-corrected chi connectivity index (χ3v) is 3.99. The van der Waals surface area contributed by atoms with Crippen molar-refractivity contribution in [2.45, 2.75) is 69.9 Å². The van der Waals surface area contributed by atoms with E-state index < -0.39 is 11.4 Å². The van der Waals surface area contributed by atoms with Gasteiger partial charge in [0.1, 0.15) is 6.61 Å². The van der Waals surface area contributed by atoms with Gasteiger partial charge >= 0.3 is 5.97 Å². The highest BCUT2D eigenvalue weighted by Gasteiger charge is 2.37. The third kappa shape index (κ3) is 5.09. The van der Waals surface area contributed by atoms with Crippen LogP contribution in [0.1, 0.15) is 52.4 Å². The minimum atomic E-state index is -1.02. The van der Waals surface area contributed by atoms with Crippen molar-refractivity contribution in [2.75, 3.05) is 13.2 Å². The van der Waals surface area contributed by atoms with Crippen molar-refractivity contribution in [3.63, 3.8) is 0 Å². The normalized spacial score (nSPS) is 31.9. The Bertz CT molecular complexity index is 382. The summed E-state index contributed by atoms with van der Waals surface area (Å²) in [5, 5.41) is 10.2. The van der Waals surface area contributed by atoms with Crippen LogP contribution in [0.25, 0.3) is 0 Å². The van der Waals surface area contributed by atoms with Gasteiger partial charge in [-0.2, -0.15) is 0 Å². The lowest BCUT2D eigenvalue weighted by Crippen LogP contribution is -2.43. The molecule has 2 rings (SSSR count). The summed E-state index contributed by atoms with van der Waals surface area (Å²) in [7, 11) is 0. The second-order valence-corrected chi connectivity index (χ2v) is 6.31. The molecular formula is C16H26O5. The predicted octanol–water partition coefficient (Wildman–Crippen LogP) is 2.32. The van der Waals surface area contributed by atoms with E-state index in [1.165, 1.54) is 6.92 Å². The van der Waals surface area contributed by atoms with E-state index in [0.29, 0.717) is 12.8 Å². The van der Waals surface area contributed by atoms with Crippen molar-refractivity contribution in [3.8, 4) is 0 Å². The average Bonchev–Trinajstić information content (AvgIpc) is 2.44. The fourth-order valence-corrected chi connectivity index (χ4v) is 2.76. The standard InChI is InChI=1S/C16H26O5/c1-13(17)19-12-15(2,18)10-7-14-6-5-9-16(21-14)8-3-4-11-20-16/h5,9,14,18H,3-4,6-8,10-12H2,1-2H3. The first-order valence-corrected chi connectivity index (χ1v) is 7.76. The average molecular weight is 298 g/mol. The third-order valence-electron chi connectivity index (χ3n) is 3.99. The second kappa shape index (κ2) is 6.90. The number of aliphatic hydroxyl groups is 1. The van der Waals surface area contributed by atoms with Gasteiger partial charge in [0.2, 0.25) is 0 Å². The summed E-state index contributed by atoms with van der Waals surface area (Å²) in [5.41, 5.74) is -1.02. The molecule has 0 bridgehead atoms. The predicted molar refractivity (Wildman–Crippen MR) is 77.7 cm³/mol. The largest absolute Gasteiger partial charge is 0.463 e. The lowest BCUT2D eigenvalue weighted by molar-refractivity contribution is -0.252. The number of carbonyl (C=O) groups is 1. The van der Waals surface area contributed by atoms with Crippen LogP contribution in [0.2, 0.25) is 0 Å². The molecule has 0 aromatic rings. The van der Waals surface area contributed by atoms with Gasteiger partial charge in [0.25, 0.3) is 0 Å². The van der Waals surface area contributed by atoms with E-state index in [0.717, 1.165) is 32.3 Å².